The number of ketones is 1. The Morgan fingerprint density at radius 2 is 1.67 bits per heavy atom. The first-order valence-electron chi connectivity index (χ1n) is 9.98. The highest BCUT2D eigenvalue weighted by Gasteiger charge is 2.31. The summed E-state index contributed by atoms with van der Waals surface area (Å²) in [6.45, 7) is 8.70. The van der Waals surface area contributed by atoms with Crippen LogP contribution >= 0.6 is 0 Å². The molecule has 1 aromatic carbocycles. The number of carbonyl (C=O) groups is 3. The standard InChI is InChI=1S/C22H34N2O6/c1-21(2,3)30-20(27)23-14-10-13-17(24-19(26)22(4,5)28-6)18(25)15-29-16-11-8-7-9-12-16/h7-9,11-12,17H,10,13-15H2,1-6H3,(H,23,27)(H,24,26)/t17-/m0/s1. The van der Waals surface area contributed by atoms with Gasteiger partial charge in [0.25, 0.3) is 5.91 Å². The van der Waals surface area contributed by atoms with E-state index in [2.05, 4.69) is 10.6 Å². The van der Waals surface area contributed by atoms with E-state index in [0.29, 0.717) is 25.1 Å². The lowest BCUT2D eigenvalue weighted by Crippen LogP contribution is -2.51. The van der Waals surface area contributed by atoms with Gasteiger partial charge in [0, 0.05) is 13.7 Å². The van der Waals surface area contributed by atoms with Crippen LogP contribution in [0.4, 0.5) is 4.79 Å². The molecule has 0 fully saturated rings. The molecule has 0 saturated carbocycles. The summed E-state index contributed by atoms with van der Waals surface area (Å²) in [6, 6.07) is 8.20. The van der Waals surface area contributed by atoms with Crippen molar-refractivity contribution in [3.63, 3.8) is 0 Å². The number of Topliss-reactive ketones (excluding diaryl/α,β-unsaturated/α-hetero) is 1. The fraction of sp³-hybridized carbons (Fsp3) is 0.591. The Balaban J connectivity index is 2.64. The van der Waals surface area contributed by atoms with Crippen molar-refractivity contribution in [2.24, 2.45) is 0 Å². The van der Waals surface area contributed by atoms with Crippen LogP contribution in [0.5, 0.6) is 5.75 Å². The molecule has 8 nitrogen and oxygen atoms in total. The average Bonchev–Trinajstić information content (AvgIpc) is 2.67. The lowest BCUT2D eigenvalue weighted by atomic mass is 10.0. The highest BCUT2D eigenvalue weighted by atomic mass is 16.6. The van der Waals surface area contributed by atoms with Gasteiger partial charge >= 0.3 is 6.09 Å². The van der Waals surface area contributed by atoms with Crippen LogP contribution in [0.3, 0.4) is 0 Å². The molecule has 0 aliphatic carbocycles. The Hall–Kier alpha value is -2.61. The van der Waals surface area contributed by atoms with Gasteiger partial charge in [0.15, 0.2) is 5.78 Å². The van der Waals surface area contributed by atoms with Gasteiger partial charge in [0.1, 0.15) is 23.6 Å². The van der Waals surface area contributed by atoms with Crippen molar-refractivity contribution >= 4 is 17.8 Å². The minimum absolute atomic E-state index is 0.179. The van der Waals surface area contributed by atoms with Gasteiger partial charge in [-0.2, -0.15) is 0 Å². The lowest BCUT2D eigenvalue weighted by Gasteiger charge is -2.26. The van der Waals surface area contributed by atoms with E-state index in [-0.39, 0.29) is 12.4 Å². The van der Waals surface area contributed by atoms with E-state index < -0.39 is 29.2 Å². The summed E-state index contributed by atoms with van der Waals surface area (Å²) in [4.78, 5) is 36.9. The van der Waals surface area contributed by atoms with E-state index in [1.807, 2.05) is 18.2 Å². The zero-order chi connectivity index (χ0) is 22.8. The number of ether oxygens (including phenoxy) is 3. The van der Waals surface area contributed by atoms with E-state index in [0.717, 1.165) is 0 Å². The molecule has 168 valence electrons. The topological polar surface area (TPSA) is 103 Å². The third-order valence-electron chi connectivity index (χ3n) is 4.21. The van der Waals surface area contributed by atoms with E-state index in [1.54, 1.807) is 46.8 Å². The second-order valence-corrected chi connectivity index (χ2v) is 8.38. The Bertz CT molecular complexity index is 697. The number of rotatable bonds is 11. The monoisotopic (exact) mass is 422 g/mol. The minimum Gasteiger partial charge on any atom is -0.486 e. The van der Waals surface area contributed by atoms with E-state index in [9.17, 15) is 14.4 Å². The van der Waals surface area contributed by atoms with E-state index in [1.165, 1.54) is 7.11 Å². The van der Waals surface area contributed by atoms with Gasteiger partial charge in [-0.25, -0.2) is 4.79 Å². The number of alkyl carbamates (subject to hydrolysis) is 1. The molecule has 0 radical (unpaired) electrons. The van der Waals surface area contributed by atoms with Crippen molar-refractivity contribution in [2.75, 3.05) is 20.3 Å². The number of nitrogens with one attached hydrogen (secondary N) is 2. The van der Waals surface area contributed by atoms with Crippen molar-refractivity contribution in [2.45, 2.75) is 64.7 Å². The Kier molecular flexibility index (Phi) is 9.78. The number of hydrogen-bond acceptors (Lipinski definition) is 6. The fourth-order valence-corrected chi connectivity index (χ4v) is 2.32. The summed E-state index contributed by atoms with van der Waals surface area (Å²) in [7, 11) is 1.43. The molecule has 0 aromatic heterocycles. The summed E-state index contributed by atoms with van der Waals surface area (Å²) in [5.74, 6) is -0.0979. The Labute approximate surface area is 178 Å². The SMILES string of the molecule is COC(C)(C)C(=O)N[C@@H](CCCNC(=O)OC(C)(C)C)C(=O)COc1ccccc1. The maximum atomic E-state index is 12.7. The molecule has 30 heavy (non-hydrogen) atoms. The van der Waals surface area contributed by atoms with Gasteiger partial charge in [-0.3, -0.25) is 9.59 Å². The van der Waals surface area contributed by atoms with Crippen molar-refractivity contribution in [3.8, 4) is 5.75 Å². The number of carbonyl (C=O) groups excluding carboxylic acids is 3. The third kappa shape index (κ3) is 9.73. The summed E-state index contributed by atoms with van der Waals surface area (Å²) in [6.07, 6.45) is 0.273. The van der Waals surface area contributed by atoms with Gasteiger partial charge in [0.05, 0.1) is 6.04 Å². The molecule has 1 aromatic rings. The van der Waals surface area contributed by atoms with Crippen molar-refractivity contribution in [3.05, 3.63) is 30.3 Å². The van der Waals surface area contributed by atoms with Gasteiger partial charge in [-0.05, 0) is 59.6 Å². The van der Waals surface area contributed by atoms with Crippen LogP contribution in [0, 0.1) is 0 Å². The van der Waals surface area contributed by atoms with Gasteiger partial charge < -0.3 is 24.8 Å². The number of para-hydroxylation sites is 1. The highest BCUT2D eigenvalue weighted by molar-refractivity contribution is 5.92. The second-order valence-electron chi connectivity index (χ2n) is 8.38. The Morgan fingerprint density at radius 1 is 1.03 bits per heavy atom. The fourth-order valence-electron chi connectivity index (χ4n) is 2.32. The molecule has 2 N–H and O–H groups in total. The maximum absolute atomic E-state index is 12.7. The first kappa shape index (κ1) is 25.4. The normalized spacial score (nSPS) is 12.6. The Morgan fingerprint density at radius 3 is 2.23 bits per heavy atom. The molecule has 0 saturated heterocycles. The van der Waals surface area contributed by atoms with Gasteiger partial charge in [-0.15, -0.1) is 0 Å². The highest BCUT2D eigenvalue weighted by Crippen LogP contribution is 2.12. The van der Waals surface area contributed by atoms with Crippen LogP contribution in [0.25, 0.3) is 0 Å². The molecule has 0 aliphatic heterocycles. The summed E-state index contributed by atoms with van der Waals surface area (Å²) in [5.41, 5.74) is -1.66. The van der Waals surface area contributed by atoms with E-state index in [4.69, 9.17) is 14.2 Å². The summed E-state index contributed by atoms with van der Waals surface area (Å²) < 4.78 is 15.9. The predicted octanol–water partition coefficient (Wildman–Crippen LogP) is 2.85. The zero-order valence-corrected chi connectivity index (χ0v) is 18.7. The van der Waals surface area contributed by atoms with Crippen LogP contribution in [-0.2, 0) is 19.1 Å². The quantitative estimate of drug-likeness (QED) is 0.532. The molecular weight excluding hydrogens is 388 g/mol. The largest absolute Gasteiger partial charge is 0.486 e. The van der Waals surface area contributed by atoms with Crippen LogP contribution < -0.4 is 15.4 Å². The van der Waals surface area contributed by atoms with Gasteiger partial charge in [-0.1, -0.05) is 18.2 Å². The maximum Gasteiger partial charge on any atom is 0.407 e. The second kappa shape index (κ2) is 11.5. The predicted molar refractivity (Wildman–Crippen MR) is 113 cm³/mol. The van der Waals surface area contributed by atoms with Gasteiger partial charge in [0.2, 0.25) is 0 Å². The van der Waals surface area contributed by atoms with E-state index >= 15 is 0 Å². The first-order chi connectivity index (χ1) is 13.9. The number of hydrogen-bond donors (Lipinski definition) is 2. The van der Waals surface area contributed by atoms with Crippen LogP contribution in [-0.4, -0.2) is 55.3 Å². The number of benzene rings is 1. The van der Waals surface area contributed by atoms with Crippen LogP contribution in [0.2, 0.25) is 0 Å². The minimum atomic E-state index is -1.08. The third-order valence-corrected chi connectivity index (χ3v) is 4.21. The van der Waals surface area contributed by atoms with Crippen molar-refractivity contribution in [1.29, 1.82) is 0 Å². The van der Waals surface area contributed by atoms with Crippen LogP contribution in [0.15, 0.2) is 30.3 Å². The van der Waals surface area contributed by atoms with Crippen molar-refractivity contribution < 1.29 is 28.6 Å². The molecular formula is C22H34N2O6. The molecule has 0 spiro atoms. The lowest BCUT2D eigenvalue weighted by molar-refractivity contribution is -0.142. The molecule has 0 aliphatic rings. The van der Waals surface area contributed by atoms with Crippen molar-refractivity contribution in [1.82, 2.24) is 10.6 Å². The average molecular weight is 423 g/mol. The molecule has 2 amide bonds. The number of amides is 2. The molecule has 0 heterocycles. The summed E-state index contributed by atoms with van der Waals surface area (Å²) in [5, 5.41) is 5.38. The zero-order valence-electron chi connectivity index (χ0n) is 18.7. The molecule has 8 heteroatoms. The van der Waals surface area contributed by atoms with Crippen LogP contribution in [0.1, 0.15) is 47.5 Å². The molecule has 0 unspecified atom stereocenters. The molecule has 1 rings (SSSR count). The smallest absolute Gasteiger partial charge is 0.407 e. The molecule has 0 bridgehead atoms. The first-order valence-corrected chi connectivity index (χ1v) is 9.98. The summed E-state index contributed by atoms with van der Waals surface area (Å²) >= 11 is 0. The molecule has 1 atom stereocenters. The number of methoxy groups -OCH3 is 1.